The maximum Gasteiger partial charge on any atom is 0.127 e. The van der Waals surface area contributed by atoms with Crippen molar-refractivity contribution in [1.29, 1.82) is 0 Å². The molecule has 2 heteroatoms. The Labute approximate surface area is 114 Å². The molecule has 2 aromatic carbocycles. The summed E-state index contributed by atoms with van der Waals surface area (Å²) < 4.78 is 11.8. The topological polar surface area (TPSA) is 18.5 Å². The molecule has 0 fully saturated rings. The molecule has 2 aromatic rings. The van der Waals surface area contributed by atoms with Crippen LogP contribution in [0.5, 0.6) is 17.2 Å². The number of rotatable bonds is 2. The zero-order valence-electron chi connectivity index (χ0n) is 11.5. The van der Waals surface area contributed by atoms with E-state index in [1.165, 1.54) is 5.56 Å². The first-order chi connectivity index (χ1) is 9.06. The molecule has 0 radical (unpaired) electrons. The van der Waals surface area contributed by atoms with Gasteiger partial charge in [0.05, 0.1) is 0 Å². The van der Waals surface area contributed by atoms with Gasteiger partial charge >= 0.3 is 0 Å². The van der Waals surface area contributed by atoms with Gasteiger partial charge in [0.15, 0.2) is 0 Å². The molecule has 0 N–H and O–H groups in total. The molecule has 1 heterocycles. The second kappa shape index (κ2) is 4.30. The van der Waals surface area contributed by atoms with Crippen molar-refractivity contribution in [2.75, 3.05) is 0 Å². The van der Waals surface area contributed by atoms with E-state index in [1.54, 1.807) is 0 Å². The van der Waals surface area contributed by atoms with Crippen LogP contribution in [0.2, 0.25) is 0 Å². The Kier molecular flexibility index (Phi) is 2.74. The fourth-order valence-corrected chi connectivity index (χ4v) is 2.39. The Morgan fingerprint density at radius 2 is 1.74 bits per heavy atom. The Morgan fingerprint density at radius 1 is 1.00 bits per heavy atom. The first kappa shape index (κ1) is 12.1. The summed E-state index contributed by atoms with van der Waals surface area (Å²) in [6, 6.07) is 15.9. The molecular weight excluding hydrogens is 236 g/mol. The summed E-state index contributed by atoms with van der Waals surface area (Å²) in [7, 11) is 0. The van der Waals surface area contributed by atoms with Gasteiger partial charge in [-0.2, -0.15) is 0 Å². The van der Waals surface area contributed by atoms with Crippen molar-refractivity contribution >= 4 is 0 Å². The van der Waals surface area contributed by atoms with Crippen LogP contribution in [0.3, 0.4) is 0 Å². The van der Waals surface area contributed by atoms with Crippen molar-refractivity contribution in [1.82, 2.24) is 0 Å². The van der Waals surface area contributed by atoms with E-state index in [-0.39, 0.29) is 5.60 Å². The third kappa shape index (κ3) is 2.19. The molecule has 1 aliphatic heterocycles. The molecule has 3 rings (SSSR count). The van der Waals surface area contributed by atoms with Crippen LogP contribution in [0.25, 0.3) is 0 Å². The zero-order chi connectivity index (χ0) is 13.5. The van der Waals surface area contributed by atoms with Gasteiger partial charge in [-0.3, -0.25) is 0 Å². The average Bonchev–Trinajstić information content (AvgIpc) is 2.62. The fraction of sp³-hybridized carbons (Fsp3) is 0.294. The highest BCUT2D eigenvalue weighted by molar-refractivity contribution is 5.47. The van der Waals surface area contributed by atoms with Gasteiger partial charge in [0.1, 0.15) is 22.8 Å². The summed E-state index contributed by atoms with van der Waals surface area (Å²) in [4.78, 5) is 0. The van der Waals surface area contributed by atoms with E-state index in [0.717, 1.165) is 17.2 Å². The third-order valence-electron chi connectivity index (χ3n) is 3.84. The minimum atomic E-state index is -0.145. The highest BCUT2D eigenvalue weighted by Gasteiger charge is 2.38. The molecule has 0 bridgehead atoms. The van der Waals surface area contributed by atoms with E-state index < -0.39 is 0 Å². The Morgan fingerprint density at radius 3 is 2.47 bits per heavy atom. The number of fused-ring (bicyclic) bond motifs is 1. The molecule has 0 spiro atoms. The van der Waals surface area contributed by atoms with Crippen molar-refractivity contribution in [3.05, 3.63) is 54.1 Å². The van der Waals surface area contributed by atoms with Crippen molar-refractivity contribution in [2.24, 2.45) is 0 Å². The summed E-state index contributed by atoms with van der Waals surface area (Å²) in [5.41, 5.74) is 1.08. The lowest BCUT2D eigenvalue weighted by atomic mass is 9.89. The van der Waals surface area contributed by atoms with Crippen LogP contribution >= 0.6 is 0 Å². The minimum absolute atomic E-state index is 0.145. The summed E-state index contributed by atoms with van der Waals surface area (Å²) in [6.45, 7) is 6.43. The maximum atomic E-state index is 5.96. The molecule has 1 unspecified atom stereocenters. The predicted molar refractivity (Wildman–Crippen MR) is 76.1 cm³/mol. The highest BCUT2D eigenvalue weighted by Crippen LogP contribution is 2.45. The van der Waals surface area contributed by atoms with Gasteiger partial charge in [-0.1, -0.05) is 25.1 Å². The Bertz CT molecular complexity index is 587. The molecular formula is C17H18O2. The average molecular weight is 254 g/mol. The molecule has 1 aliphatic rings. The summed E-state index contributed by atoms with van der Waals surface area (Å²) in [6.07, 6.45) is 0. The number of ether oxygens (including phenoxy) is 2. The van der Waals surface area contributed by atoms with E-state index in [2.05, 4.69) is 26.8 Å². The van der Waals surface area contributed by atoms with Crippen LogP contribution in [0.4, 0.5) is 0 Å². The molecule has 19 heavy (non-hydrogen) atoms. The van der Waals surface area contributed by atoms with Gasteiger partial charge in [-0.25, -0.2) is 0 Å². The normalized spacial score (nSPS) is 19.6. The lowest BCUT2D eigenvalue weighted by molar-refractivity contribution is 0.116. The molecule has 0 saturated heterocycles. The Balaban J connectivity index is 1.90. The quantitative estimate of drug-likeness (QED) is 0.769. The molecule has 0 aromatic heterocycles. The van der Waals surface area contributed by atoms with Crippen molar-refractivity contribution < 1.29 is 9.47 Å². The lowest BCUT2D eigenvalue weighted by Crippen LogP contribution is -2.28. The SMILES string of the molecule is CC1c2cc(Oc3ccccc3)ccc2OC1(C)C. The van der Waals surface area contributed by atoms with Gasteiger partial charge in [0.25, 0.3) is 0 Å². The van der Waals surface area contributed by atoms with Gasteiger partial charge in [0.2, 0.25) is 0 Å². The van der Waals surface area contributed by atoms with E-state index in [1.807, 2.05) is 42.5 Å². The first-order valence-electron chi connectivity index (χ1n) is 6.62. The van der Waals surface area contributed by atoms with E-state index in [9.17, 15) is 0 Å². The predicted octanol–water partition coefficient (Wildman–Crippen LogP) is 4.75. The van der Waals surface area contributed by atoms with Crippen molar-refractivity contribution in [2.45, 2.75) is 32.3 Å². The summed E-state index contributed by atoms with van der Waals surface area (Å²) in [5.74, 6) is 3.05. The smallest absolute Gasteiger partial charge is 0.127 e. The molecule has 1 atom stereocenters. The summed E-state index contributed by atoms with van der Waals surface area (Å²) >= 11 is 0. The van der Waals surface area contributed by atoms with Gasteiger partial charge < -0.3 is 9.47 Å². The minimum Gasteiger partial charge on any atom is -0.487 e. The van der Waals surface area contributed by atoms with E-state index in [0.29, 0.717) is 5.92 Å². The van der Waals surface area contributed by atoms with Crippen molar-refractivity contribution in [3.8, 4) is 17.2 Å². The maximum absolute atomic E-state index is 5.96. The highest BCUT2D eigenvalue weighted by atomic mass is 16.5. The monoisotopic (exact) mass is 254 g/mol. The first-order valence-corrected chi connectivity index (χ1v) is 6.62. The number of hydrogen-bond acceptors (Lipinski definition) is 2. The molecule has 0 aliphatic carbocycles. The fourth-order valence-electron chi connectivity index (χ4n) is 2.39. The van der Waals surface area contributed by atoms with Crippen LogP contribution in [0, 0.1) is 0 Å². The summed E-state index contributed by atoms with van der Waals surface area (Å²) in [5, 5.41) is 0. The lowest BCUT2D eigenvalue weighted by Gasteiger charge is -2.22. The second-order valence-electron chi connectivity index (χ2n) is 5.54. The van der Waals surface area contributed by atoms with Crippen LogP contribution in [-0.4, -0.2) is 5.60 Å². The van der Waals surface area contributed by atoms with Crippen LogP contribution in [-0.2, 0) is 0 Å². The number of para-hydroxylation sites is 1. The van der Waals surface area contributed by atoms with Crippen molar-refractivity contribution in [3.63, 3.8) is 0 Å². The van der Waals surface area contributed by atoms with Crippen LogP contribution < -0.4 is 9.47 Å². The standard InChI is InChI=1S/C17H18O2/c1-12-15-11-14(18-13-7-5-4-6-8-13)9-10-16(15)19-17(12,2)3/h4-12H,1-3H3. The second-order valence-corrected chi connectivity index (χ2v) is 5.54. The molecule has 0 saturated carbocycles. The largest absolute Gasteiger partial charge is 0.487 e. The van der Waals surface area contributed by atoms with Gasteiger partial charge in [-0.15, -0.1) is 0 Å². The van der Waals surface area contributed by atoms with Gasteiger partial charge in [0, 0.05) is 11.5 Å². The molecule has 98 valence electrons. The Hall–Kier alpha value is -1.96. The number of hydrogen-bond donors (Lipinski definition) is 0. The number of benzene rings is 2. The van der Waals surface area contributed by atoms with Gasteiger partial charge in [-0.05, 0) is 44.2 Å². The van der Waals surface area contributed by atoms with Crippen LogP contribution in [0.15, 0.2) is 48.5 Å². The zero-order valence-corrected chi connectivity index (χ0v) is 11.5. The van der Waals surface area contributed by atoms with E-state index in [4.69, 9.17) is 9.47 Å². The van der Waals surface area contributed by atoms with E-state index >= 15 is 0 Å². The van der Waals surface area contributed by atoms with Crippen LogP contribution in [0.1, 0.15) is 32.3 Å². The molecule has 2 nitrogen and oxygen atoms in total. The molecule has 0 amide bonds. The third-order valence-corrected chi connectivity index (χ3v) is 3.84.